The summed E-state index contributed by atoms with van der Waals surface area (Å²) in [5.41, 5.74) is 1.04. The Labute approximate surface area is 90.9 Å². The number of ether oxygens (including phenoxy) is 2. The second kappa shape index (κ2) is 5.29. The van der Waals surface area contributed by atoms with Crippen molar-refractivity contribution >= 4 is 5.69 Å². The fraction of sp³-hybridized carbons (Fsp3) is 0.333. The first-order chi connectivity index (χ1) is 7.31. The van der Waals surface area contributed by atoms with Crippen LogP contribution in [-0.2, 0) is 0 Å². The minimum atomic E-state index is 0.316. The van der Waals surface area contributed by atoms with Gasteiger partial charge in [0.15, 0.2) is 11.5 Å². The Hall–Kier alpha value is -1.64. The molecular weight excluding hydrogens is 190 g/mol. The van der Waals surface area contributed by atoms with Crippen molar-refractivity contribution in [2.24, 2.45) is 0 Å². The Bertz CT molecular complexity index is 336. The standard InChI is InChI=1S/C10H11NO2.C2H6/c1-3-11(2)8-4-5-9-10(6-8)13-7-12-9;1-2/h3-6H,1,7H2,2H3;1-2H3. The van der Waals surface area contributed by atoms with Crippen LogP contribution in [0.15, 0.2) is 31.0 Å². The highest BCUT2D eigenvalue weighted by Gasteiger charge is 2.13. The van der Waals surface area contributed by atoms with Gasteiger partial charge in [-0.25, -0.2) is 0 Å². The van der Waals surface area contributed by atoms with Crippen molar-refractivity contribution in [3.63, 3.8) is 0 Å². The predicted molar refractivity (Wildman–Crippen MR) is 62.5 cm³/mol. The molecule has 3 heteroatoms. The summed E-state index contributed by atoms with van der Waals surface area (Å²) in [5, 5.41) is 0. The number of anilines is 1. The molecule has 0 bridgehead atoms. The van der Waals surface area contributed by atoms with E-state index in [2.05, 4.69) is 6.58 Å². The quantitative estimate of drug-likeness (QED) is 0.744. The van der Waals surface area contributed by atoms with E-state index < -0.39 is 0 Å². The molecule has 0 saturated carbocycles. The van der Waals surface area contributed by atoms with E-state index in [1.807, 2.05) is 44.0 Å². The van der Waals surface area contributed by atoms with E-state index in [1.165, 1.54) is 0 Å². The number of hydrogen-bond acceptors (Lipinski definition) is 3. The Morgan fingerprint density at radius 3 is 2.60 bits per heavy atom. The zero-order chi connectivity index (χ0) is 11.3. The van der Waals surface area contributed by atoms with Crippen molar-refractivity contribution in [2.75, 3.05) is 18.7 Å². The van der Waals surface area contributed by atoms with Crippen LogP contribution < -0.4 is 14.4 Å². The van der Waals surface area contributed by atoms with Crippen molar-refractivity contribution < 1.29 is 9.47 Å². The van der Waals surface area contributed by atoms with E-state index in [0.29, 0.717) is 6.79 Å². The van der Waals surface area contributed by atoms with E-state index in [4.69, 9.17) is 9.47 Å². The van der Waals surface area contributed by atoms with Crippen LogP contribution in [-0.4, -0.2) is 13.8 Å². The summed E-state index contributed by atoms with van der Waals surface area (Å²) >= 11 is 0. The zero-order valence-electron chi connectivity index (χ0n) is 9.49. The van der Waals surface area contributed by atoms with Gasteiger partial charge >= 0.3 is 0 Å². The summed E-state index contributed by atoms with van der Waals surface area (Å²) in [6.07, 6.45) is 1.75. The first kappa shape index (κ1) is 11.4. The number of rotatable bonds is 2. The van der Waals surface area contributed by atoms with Crippen LogP contribution in [0.1, 0.15) is 13.8 Å². The van der Waals surface area contributed by atoms with Crippen molar-refractivity contribution in [1.82, 2.24) is 0 Å². The normalized spacial score (nSPS) is 11.4. The molecule has 0 radical (unpaired) electrons. The SMILES string of the molecule is C=CN(C)c1ccc2c(c1)OCO2.CC. The van der Waals surface area contributed by atoms with Crippen LogP contribution in [0.25, 0.3) is 0 Å². The number of hydrogen-bond donors (Lipinski definition) is 0. The second-order valence-corrected chi connectivity index (χ2v) is 2.83. The highest BCUT2D eigenvalue weighted by Crippen LogP contribution is 2.35. The van der Waals surface area contributed by atoms with Crippen molar-refractivity contribution in [3.8, 4) is 11.5 Å². The third-order valence-electron chi connectivity index (χ3n) is 2.04. The molecule has 2 rings (SSSR count). The number of benzene rings is 1. The van der Waals surface area contributed by atoms with Gasteiger partial charge in [0, 0.05) is 18.8 Å². The number of nitrogens with zero attached hydrogens (tertiary/aromatic N) is 1. The molecule has 0 fully saturated rings. The molecule has 0 aromatic heterocycles. The Balaban J connectivity index is 0.000000531. The van der Waals surface area contributed by atoms with Gasteiger partial charge in [-0.15, -0.1) is 0 Å². The maximum Gasteiger partial charge on any atom is 0.231 e. The maximum atomic E-state index is 5.25. The summed E-state index contributed by atoms with van der Waals surface area (Å²) in [5.74, 6) is 1.60. The smallest absolute Gasteiger partial charge is 0.231 e. The van der Waals surface area contributed by atoms with Crippen molar-refractivity contribution in [1.29, 1.82) is 0 Å². The largest absolute Gasteiger partial charge is 0.454 e. The summed E-state index contributed by atoms with van der Waals surface area (Å²) in [6, 6.07) is 5.80. The Morgan fingerprint density at radius 2 is 1.93 bits per heavy atom. The molecule has 82 valence electrons. The van der Waals surface area contributed by atoms with Crippen molar-refractivity contribution in [3.05, 3.63) is 31.0 Å². The summed E-state index contributed by atoms with van der Waals surface area (Å²) in [6.45, 7) is 8.00. The minimum absolute atomic E-state index is 0.316. The Morgan fingerprint density at radius 1 is 1.27 bits per heavy atom. The molecule has 1 aromatic carbocycles. The van der Waals surface area contributed by atoms with E-state index >= 15 is 0 Å². The minimum Gasteiger partial charge on any atom is -0.454 e. The molecule has 3 nitrogen and oxygen atoms in total. The van der Waals surface area contributed by atoms with E-state index in [-0.39, 0.29) is 0 Å². The van der Waals surface area contributed by atoms with Gasteiger partial charge in [0.05, 0.1) is 0 Å². The van der Waals surface area contributed by atoms with E-state index in [9.17, 15) is 0 Å². The molecule has 15 heavy (non-hydrogen) atoms. The van der Waals surface area contributed by atoms with Gasteiger partial charge in [0.1, 0.15) is 0 Å². The van der Waals surface area contributed by atoms with Gasteiger partial charge in [-0.1, -0.05) is 20.4 Å². The highest BCUT2D eigenvalue weighted by atomic mass is 16.7. The maximum absolute atomic E-state index is 5.25. The molecule has 0 aliphatic carbocycles. The zero-order valence-corrected chi connectivity index (χ0v) is 9.49. The van der Waals surface area contributed by atoms with Crippen LogP contribution >= 0.6 is 0 Å². The summed E-state index contributed by atoms with van der Waals surface area (Å²) < 4.78 is 10.5. The first-order valence-electron chi connectivity index (χ1n) is 5.06. The van der Waals surface area contributed by atoms with Gasteiger partial charge in [0.2, 0.25) is 6.79 Å². The molecule has 1 aromatic rings. The molecule has 0 atom stereocenters. The molecule has 1 heterocycles. The topological polar surface area (TPSA) is 21.7 Å². The lowest BCUT2D eigenvalue weighted by atomic mass is 10.2. The molecule has 0 unspecified atom stereocenters. The predicted octanol–water partition coefficient (Wildman–Crippen LogP) is 3.02. The summed E-state index contributed by atoms with van der Waals surface area (Å²) in [4.78, 5) is 1.92. The Kier molecular flexibility index (Phi) is 4.03. The molecule has 1 aliphatic heterocycles. The van der Waals surface area contributed by atoms with Crippen LogP contribution in [0, 0.1) is 0 Å². The fourth-order valence-electron chi connectivity index (χ4n) is 1.21. The lowest BCUT2D eigenvalue weighted by Gasteiger charge is -2.13. The van der Waals surface area contributed by atoms with Crippen LogP contribution in [0.3, 0.4) is 0 Å². The van der Waals surface area contributed by atoms with Crippen molar-refractivity contribution in [2.45, 2.75) is 13.8 Å². The van der Waals surface area contributed by atoms with Crippen LogP contribution in [0.5, 0.6) is 11.5 Å². The lowest BCUT2D eigenvalue weighted by molar-refractivity contribution is 0.174. The van der Waals surface area contributed by atoms with Gasteiger partial charge in [-0.05, 0) is 18.3 Å². The highest BCUT2D eigenvalue weighted by molar-refractivity contribution is 5.57. The van der Waals surface area contributed by atoms with E-state index in [1.54, 1.807) is 6.20 Å². The summed E-state index contributed by atoms with van der Waals surface area (Å²) in [7, 11) is 1.94. The molecule has 0 saturated heterocycles. The third-order valence-corrected chi connectivity index (χ3v) is 2.04. The third kappa shape index (κ3) is 2.43. The van der Waals surface area contributed by atoms with Gasteiger partial charge in [-0.2, -0.15) is 0 Å². The molecular formula is C12H17NO2. The monoisotopic (exact) mass is 207 g/mol. The average molecular weight is 207 g/mol. The van der Waals surface area contributed by atoms with Gasteiger partial charge < -0.3 is 14.4 Å². The lowest BCUT2D eigenvalue weighted by Crippen LogP contribution is -2.06. The second-order valence-electron chi connectivity index (χ2n) is 2.83. The van der Waals surface area contributed by atoms with Crippen LogP contribution in [0.4, 0.5) is 5.69 Å². The van der Waals surface area contributed by atoms with E-state index in [0.717, 1.165) is 17.2 Å². The molecule has 0 amide bonds. The van der Waals surface area contributed by atoms with Gasteiger partial charge in [-0.3, -0.25) is 0 Å². The average Bonchev–Trinajstić information content (AvgIpc) is 2.77. The molecule has 0 N–H and O–H groups in total. The first-order valence-corrected chi connectivity index (χ1v) is 5.06. The molecule has 0 spiro atoms. The number of fused-ring (bicyclic) bond motifs is 1. The fourth-order valence-corrected chi connectivity index (χ4v) is 1.21. The molecule has 1 aliphatic rings. The van der Waals surface area contributed by atoms with Crippen LogP contribution in [0.2, 0.25) is 0 Å². The van der Waals surface area contributed by atoms with Gasteiger partial charge in [0.25, 0.3) is 0 Å².